The maximum absolute atomic E-state index is 12.5. The molecule has 0 bridgehead atoms. The van der Waals surface area contributed by atoms with Gasteiger partial charge in [0.25, 0.3) is 10.0 Å². The zero-order valence-electron chi connectivity index (χ0n) is 11.9. The monoisotopic (exact) mass is 333 g/mol. The molecule has 0 fully saturated rings. The lowest BCUT2D eigenvalue weighted by molar-refractivity contribution is 0.587. The molecule has 0 saturated heterocycles. The molecule has 1 N–H and O–H groups in total. The Hall–Kier alpha value is -1.78. The van der Waals surface area contributed by atoms with Gasteiger partial charge in [0.2, 0.25) is 0 Å². The van der Waals surface area contributed by atoms with E-state index < -0.39 is 10.0 Å². The summed E-state index contributed by atoms with van der Waals surface area (Å²) in [6.45, 7) is 0. The molecular weight excluding hydrogens is 318 g/mol. The number of allylic oxidation sites excluding steroid dienone is 2. The Balaban J connectivity index is 1.93. The van der Waals surface area contributed by atoms with Gasteiger partial charge in [0, 0.05) is 10.7 Å². The third kappa shape index (κ3) is 3.18. The van der Waals surface area contributed by atoms with Crippen LogP contribution in [0.5, 0.6) is 0 Å². The number of halogens is 1. The van der Waals surface area contributed by atoms with Crippen LogP contribution in [-0.2, 0) is 10.0 Å². The van der Waals surface area contributed by atoms with Gasteiger partial charge in [0.05, 0.1) is 4.90 Å². The lowest BCUT2D eigenvalue weighted by atomic mass is 10.1. The molecule has 0 spiro atoms. The molecule has 2 aromatic rings. The van der Waals surface area contributed by atoms with Gasteiger partial charge in [-0.25, -0.2) is 8.42 Å². The van der Waals surface area contributed by atoms with E-state index in [1.807, 2.05) is 24.3 Å². The minimum absolute atomic E-state index is 0.282. The maximum atomic E-state index is 12.5. The van der Waals surface area contributed by atoms with E-state index in [1.54, 1.807) is 30.3 Å². The average Bonchev–Trinajstić information content (AvgIpc) is 2.96. The summed E-state index contributed by atoms with van der Waals surface area (Å²) in [7, 11) is -3.53. The Morgan fingerprint density at radius 3 is 2.27 bits per heavy atom. The van der Waals surface area contributed by atoms with E-state index in [1.165, 1.54) is 0 Å². The standard InChI is InChI=1S/C17H16ClNO2S/c18-14-11-9-13(10-12-14)16-7-4-8-17(16)19-22(20,21)15-5-2-1-3-6-15/h1-3,5-6,9-12,19H,4,7-8H2. The molecular formula is C17H16ClNO2S. The number of nitrogens with one attached hydrogen (secondary N) is 1. The molecule has 22 heavy (non-hydrogen) atoms. The van der Waals surface area contributed by atoms with Gasteiger partial charge in [-0.1, -0.05) is 41.9 Å². The molecule has 0 aromatic heterocycles. The van der Waals surface area contributed by atoms with Crippen LogP contribution in [0.2, 0.25) is 5.02 Å². The summed E-state index contributed by atoms with van der Waals surface area (Å²) in [5.74, 6) is 0. The molecule has 1 aliphatic carbocycles. The molecule has 0 aliphatic heterocycles. The molecule has 0 saturated carbocycles. The Bertz CT molecular complexity index is 796. The topological polar surface area (TPSA) is 46.2 Å². The van der Waals surface area contributed by atoms with Crippen molar-refractivity contribution in [3.05, 3.63) is 70.9 Å². The fraction of sp³-hybridized carbons (Fsp3) is 0.176. The fourth-order valence-corrected chi connectivity index (χ4v) is 3.96. The molecule has 0 amide bonds. The van der Waals surface area contributed by atoms with Crippen LogP contribution < -0.4 is 4.72 Å². The maximum Gasteiger partial charge on any atom is 0.261 e. The molecule has 5 heteroatoms. The molecule has 3 rings (SSSR count). The highest BCUT2D eigenvalue weighted by atomic mass is 35.5. The van der Waals surface area contributed by atoms with Crippen LogP contribution in [0, 0.1) is 0 Å². The van der Waals surface area contributed by atoms with Gasteiger partial charge >= 0.3 is 0 Å². The van der Waals surface area contributed by atoms with Gasteiger partial charge in [-0.05, 0) is 54.7 Å². The molecule has 0 atom stereocenters. The van der Waals surface area contributed by atoms with Gasteiger partial charge in [-0.3, -0.25) is 4.72 Å². The number of sulfonamides is 1. The van der Waals surface area contributed by atoms with Crippen molar-refractivity contribution >= 4 is 27.2 Å². The summed E-state index contributed by atoms with van der Waals surface area (Å²) in [5, 5.41) is 0.675. The number of benzene rings is 2. The van der Waals surface area contributed by atoms with Crippen molar-refractivity contribution in [1.82, 2.24) is 4.72 Å². The Labute approximate surface area is 135 Å². The first kappa shape index (κ1) is 15.1. The predicted octanol–water partition coefficient (Wildman–Crippen LogP) is 4.21. The number of rotatable bonds is 4. The molecule has 0 unspecified atom stereocenters. The second-order valence-corrected chi connectivity index (χ2v) is 7.35. The second-order valence-electron chi connectivity index (χ2n) is 5.24. The number of hydrogen-bond acceptors (Lipinski definition) is 2. The third-order valence-electron chi connectivity index (χ3n) is 3.72. The average molecular weight is 334 g/mol. The van der Waals surface area contributed by atoms with Gasteiger partial charge in [-0.2, -0.15) is 0 Å². The summed E-state index contributed by atoms with van der Waals surface area (Å²) in [5.41, 5.74) is 2.86. The zero-order valence-corrected chi connectivity index (χ0v) is 13.5. The molecule has 1 aliphatic rings. The van der Waals surface area contributed by atoms with Crippen molar-refractivity contribution in [3.8, 4) is 0 Å². The van der Waals surface area contributed by atoms with Gasteiger partial charge in [0.15, 0.2) is 0 Å². The zero-order chi connectivity index (χ0) is 15.6. The van der Waals surface area contributed by atoms with Gasteiger partial charge in [0.1, 0.15) is 0 Å². The first-order valence-electron chi connectivity index (χ1n) is 7.12. The van der Waals surface area contributed by atoms with E-state index >= 15 is 0 Å². The fourth-order valence-electron chi connectivity index (χ4n) is 2.65. The van der Waals surface area contributed by atoms with Crippen LogP contribution in [0.25, 0.3) is 5.57 Å². The highest BCUT2D eigenvalue weighted by Gasteiger charge is 2.22. The van der Waals surface area contributed by atoms with E-state index in [2.05, 4.69) is 4.72 Å². The largest absolute Gasteiger partial charge is 0.283 e. The molecule has 114 valence electrons. The van der Waals surface area contributed by atoms with Crippen LogP contribution in [0.3, 0.4) is 0 Å². The van der Waals surface area contributed by atoms with Crippen molar-refractivity contribution in [1.29, 1.82) is 0 Å². The Morgan fingerprint density at radius 2 is 1.59 bits per heavy atom. The summed E-state index contributed by atoms with van der Waals surface area (Å²) in [4.78, 5) is 0.282. The number of hydrogen-bond donors (Lipinski definition) is 1. The van der Waals surface area contributed by atoms with Crippen molar-refractivity contribution in [2.75, 3.05) is 0 Å². The van der Waals surface area contributed by atoms with Crippen molar-refractivity contribution in [2.24, 2.45) is 0 Å². The van der Waals surface area contributed by atoms with E-state index in [9.17, 15) is 8.42 Å². The molecule has 0 radical (unpaired) electrons. The molecule has 3 nitrogen and oxygen atoms in total. The predicted molar refractivity (Wildman–Crippen MR) is 89.0 cm³/mol. The quantitative estimate of drug-likeness (QED) is 0.910. The van der Waals surface area contributed by atoms with Crippen LogP contribution in [0.4, 0.5) is 0 Å². The summed E-state index contributed by atoms with van der Waals surface area (Å²) in [6.07, 6.45) is 2.56. The molecule has 0 heterocycles. The lowest BCUT2D eigenvalue weighted by Gasteiger charge is -2.12. The Kier molecular flexibility index (Phi) is 4.23. The van der Waals surface area contributed by atoms with E-state index in [-0.39, 0.29) is 4.90 Å². The van der Waals surface area contributed by atoms with Crippen molar-refractivity contribution in [3.63, 3.8) is 0 Å². The smallest absolute Gasteiger partial charge is 0.261 e. The van der Waals surface area contributed by atoms with Crippen molar-refractivity contribution in [2.45, 2.75) is 24.2 Å². The van der Waals surface area contributed by atoms with E-state index in [4.69, 9.17) is 11.6 Å². The first-order valence-corrected chi connectivity index (χ1v) is 8.98. The summed E-state index contributed by atoms with van der Waals surface area (Å²) >= 11 is 5.91. The Morgan fingerprint density at radius 1 is 0.909 bits per heavy atom. The van der Waals surface area contributed by atoms with Crippen LogP contribution in [-0.4, -0.2) is 8.42 Å². The minimum atomic E-state index is -3.53. The lowest BCUT2D eigenvalue weighted by Crippen LogP contribution is -2.23. The van der Waals surface area contributed by atoms with Crippen LogP contribution >= 0.6 is 11.6 Å². The second kappa shape index (κ2) is 6.15. The SMILES string of the molecule is O=S(=O)(NC1=C(c2ccc(Cl)cc2)CCC1)c1ccccc1. The highest BCUT2D eigenvalue weighted by Crippen LogP contribution is 2.33. The first-order chi connectivity index (χ1) is 10.6. The van der Waals surface area contributed by atoms with Gasteiger partial charge < -0.3 is 0 Å². The molecule has 2 aromatic carbocycles. The van der Waals surface area contributed by atoms with Crippen LogP contribution in [0.1, 0.15) is 24.8 Å². The third-order valence-corrected chi connectivity index (χ3v) is 5.38. The van der Waals surface area contributed by atoms with Crippen molar-refractivity contribution < 1.29 is 8.42 Å². The van der Waals surface area contributed by atoms with E-state index in [0.717, 1.165) is 36.1 Å². The minimum Gasteiger partial charge on any atom is -0.283 e. The van der Waals surface area contributed by atoms with E-state index in [0.29, 0.717) is 5.02 Å². The summed E-state index contributed by atoms with van der Waals surface area (Å²) < 4.78 is 27.7. The van der Waals surface area contributed by atoms with Gasteiger partial charge in [-0.15, -0.1) is 0 Å². The summed E-state index contributed by atoms with van der Waals surface area (Å²) in [6, 6.07) is 15.9. The normalized spacial score (nSPS) is 15.1. The highest BCUT2D eigenvalue weighted by molar-refractivity contribution is 7.89. The van der Waals surface area contributed by atoms with Crippen LogP contribution in [0.15, 0.2) is 65.2 Å².